The Morgan fingerprint density at radius 1 is 1.08 bits per heavy atom. The number of carbonyl (C=O) groups is 1. The Balaban J connectivity index is 1.68. The molecule has 0 aliphatic heterocycles. The van der Waals surface area contributed by atoms with Gasteiger partial charge in [-0.1, -0.05) is 41.4 Å². The van der Waals surface area contributed by atoms with Crippen LogP contribution in [0.1, 0.15) is 16.9 Å². The van der Waals surface area contributed by atoms with E-state index in [1.54, 1.807) is 17.2 Å². The van der Waals surface area contributed by atoms with Gasteiger partial charge in [0.15, 0.2) is 6.61 Å². The highest BCUT2D eigenvalue weighted by molar-refractivity contribution is 6.30. The Hall–Kier alpha value is -2.72. The predicted molar refractivity (Wildman–Crippen MR) is 101 cm³/mol. The molecule has 0 bridgehead atoms. The van der Waals surface area contributed by atoms with Gasteiger partial charge in [-0.25, -0.2) is 0 Å². The molecule has 1 aromatic heterocycles. The van der Waals surface area contributed by atoms with E-state index in [9.17, 15) is 4.79 Å². The number of halogens is 1. The first-order chi connectivity index (χ1) is 12.6. The number of amides is 1. The monoisotopic (exact) mass is 369 g/mol. The highest BCUT2D eigenvalue weighted by Gasteiger charge is 2.17. The van der Waals surface area contributed by atoms with Crippen molar-refractivity contribution in [3.8, 4) is 5.75 Å². The summed E-state index contributed by atoms with van der Waals surface area (Å²) >= 11 is 6.06. The minimum absolute atomic E-state index is 0.0374. The lowest BCUT2D eigenvalue weighted by atomic mass is 10.2. The van der Waals surface area contributed by atoms with Gasteiger partial charge in [0, 0.05) is 11.6 Å². The number of nitrogens with zero attached hydrogens (tertiary/aromatic N) is 1. The molecule has 0 fully saturated rings. The van der Waals surface area contributed by atoms with Crippen LogP contribution in [0.25, 0.3) is 0 Å². The molecule has 0 aliphatic rings. The standard InChI is InChI=1S/C21H20ClNO3/c1-16-7-9-19(10-8-16)26-15-21(24)23(14-20-6-3-11-25-20)13-17-4-2-5-18(22)12-17/h2-12H,13-15H2,1H3. The molecule has 134 valence electrons. The molecule has 0 spiro atoms. The molecule has 1 heterocycles. The zero-order chi connectivity index (χ0) is 18.4. The van der Waals surface area contributed by atoms with Crippen molar-refractivity contribution in [3.63, 3.8) is 0 Å². The smallest absolute Gasteiger partial charge is 0.261 e. The molecule has 4 nitrogen and oxygen atoms in total. The second-order valence-corrected chi connectivity index (χ2v) is 6.50. The van der Waals surface area contributed by atoms with Crippen molar-refractivity contribution in [2.24, 2.45) is 0 Å². The first kappa shape index (κ1) is 18.1. The van der Waals surface area contributed by atoms with E-state index in [-0.39, 0.29) is 12.5 Å². The van der Waals surface area contributed by atoms with Gasteiger partial charge in [-0.15, -0.1) is 0 Å². The Bertz CT molecular complexity index is 844. The lowest BCUT2D eigenvalue weighted by molar-refractivity contribution is -0.134. The number of hydrogen-bond acceptors (Lipinski definition) is 3. The lowest BCUT2D eigenvalue weighted by Gasteiger charge is -2.22. The molecule has 5 heteroatoms. The number of ether oxygens (including phenoxy) is 1. The molecular weight excluding hydrogens is 350 g/mol. The van der Waals surface area contributed by atoms with Gasteiger partial charge >= 0.3 is 0 Å². The SMILES string of the molecule is Cc1ccc(OCC(=O)N(Cc2cccc(Cl)c2)Cc2ccco2)cc1. The van der Waals surface area contributed by atoms with E-state index >= 15 is 0 Å². The highest BCUT2D eigenvalue weighted by Crippen LogP contribution is 2.16. The molecule has 0 saturated heterocycles. The van der Waals surface area contributed by atoms with Gasteiger partial charge in [0.05, 0.1) is 12.8 Å². The summed E-state index contributed by atoms with van der Waals surface area (Å²) in [7, 11) is 0. The van der Waals surface area contributed by atoms with Crippen molar-refractivity contribution in [2.75, 3.05) is 6.61 Å². The average molecular weight is 370 g/mol. The fourth-order valence-corrected chi connectivity index (χ4v) is 2.76. The van der Waals surface area contributed by atoms with Crippen LogP contribution >= 0.6 is 11.6 Å². The van der Waals surface area contributed by atoms with E-state index < -0.39 is 0 Å². The van der Waals surface area contributed by atoms with Crippen LogP contribution in [0.15, 0.2) is 71.3 Å². The van der Waals surface area contributed by atoms with E-state index in [4.69, 9.17) is 20.8 Å². The van der Waals surface area contributed by atoms with Crippen molar-refractivity contribution in [2.45, 2.75) is 20.0 Å². The van der Waals surface area contributed by atoms with E-state index in [1.807, 2.05) is 61.5 Å². The molecule has 0 N–H and O–H groups in total. The maximum Gasteiger partial charge on any atom is 0.261 e. The van der Waals surface area contributed by atoms with E-state index in [2.05, 4.69) is 0 Å². The third-order valence-electron chi connectivity index (χ3n) is 3.93. The zero-order valence-corrected chi connectivity index (χ0v) is 15.3. The first-order valence-electron chi connectivity index (χ1n) is 8.34. The summed E-state index contributed by atoms with van der Waals surface area (Å²) in [4.78, 5) is 14.4. The largest absolute Gasteiger partial charge is 0.484 e. The van der Waals surface area contributed by atoms with Crippen molar-refractivity contribution in [1.29, 1.82) is 0 Å². The number of hydrogen-bond donors (Lipinski definition) is 0. The molecule has 1 amide bonds. The first-order valence-corrected chi connectivity index (χ1v) is 8.72. The summed E-state index contributed by atoms with van der Waals surface area (Å²) in [5.41, 5.74) is 2.09. The highest BCUT2D eigenvalue weighted by atomic mass is 35.5. The fraction of sp³-hybridized carbons (Fsp3) is 0.190. The average Bonchev–Trinajstić information content (AvgIpc) is 3.13. The van der Waals surface area contributed by atoms with Crippen LogP contribution < -0.4 is 4.74 Å². The Labute approximate surface area is 158 Å². The topological polar surface area (TPSA) is 42.7 Å². The third-order valence-corrected chi connectivity index (χ3v) is 4.16. The third kappa shape index (κ3) is 5.14. The van der Waals surface area contributed by atoms with Crippen molar-refractivity contribution in [1.82, 2.24) is 4.90 Å². The molecule has 3 aromatic rings. The van der Waals surface area contributed by atoms with Gasteiger partial charge in [-0.2, -0.15) is 0 Å². The Morgan fingerprint density at radius 2 is 1.88 bits per heavy atom. The minimum Gasteiger partial charge on any atom is -0.484 e. The summed E-state index contributed by atoms with van der Waals surface area (Å²) in [6.45, 7) is 2.77. The van der Waals surface area contributed by atoms with Crippen molar-refractivity contribution < 1.29 is 13.9 Å². The molecule has 0 aliphatic carbocycles. The van der Waals surface area contributed by atoms with Gasteiger partial charge in [0.25, 0.3) is 5.91 Å². The molecule has 0 unspecified atom stereocenters. The van der Waals surface area contributed by atoms with Gasteiger partial charge in [-0.05, 0) is 48.9 Å². The van der Waals surface area contributed by atoms with Crippen molar-refractivity contribution >= 4 is 17.5 Å². The van der Waals surface area contributed by atoms with E-state index in [0.717, 1.165) is 16.9 Å². The molecule has 0 saturated carbocycles. The molecule has 0 atom stereocenters. The summed E-state index contributed by atoms with van der Waals surface area (Å²) in [6.07, 6.45) is 1.60. The van der Waals surface area contributed by atoms with Crippen LogP contribution in [0.4, 0.5) is 0 Å². The quantitative estimate of drug-likeness (QED) is 0.598. The van der Waals surface area contributed by atoms with Gasteiger partial charge < -0.3 is 14.1 Å². The van der Waals surface area contributed by atoms with Gasteiger partial charge in [-0.3, -0.25) is 4.79 Å². The van der Waals surface area contributed by atoms with Crippen LogP contribution in [0.5, 0.6) is 5.75 Å². The van der Waals surface area contributed by atoms with Gasteiger partial charge in [0.2, 0.25) is 0 Å². The normalized spacial score (nSPS) is 10.5. The van der Waals surface area contributed by atoms with Crippen molar-refractivity contribution in [3.05, 3.63) is 88.8 Å². The molecule has 3 rings (SSSR count). The fourth-order valence-electron chi connectivity index (χ4n) is 2.55. The Morgan fingerprint density at radius 3 is 2.58 bits per heavy atom. The predicted octanol–water partition coefficient (Wildman–Crippen LogP) is 4.85. The molecule has 26 heavy (non-hydrogen) atoms. The van der Waals surface area contributed by atoms with Crippen LogP contribution in [-0.2, 0) is 17.9 Å². The van der Waals surface area contributed by atoms with Crippen LogP contribution in [-0.4, -0.2) is 17.4 Å². The number of furan rings is 1. The summed E-state index contributed by atoms with van der Waals surface area (Å²) < 4.78 is 11.0. The zero-order valence-electron chi connectivity index (χ0n) is 14.5. The minimum atomic E-state index is -0.123. The summed E-state index contributed by atoms with van der Waals surface area (Å²) in [6, 6.07) is 18.7. The summed E-state index contributed by atoms with van der Waals surface area (Å²) in [5.74, 6) is 1.27. The second kappa shape index (κ2) is 8.59. The molecular formula is C21H20ClNO3. The van der Waals surface area contributed by atoms with Crippen LogP contribution in [0.3, 0.4) is 0 Å². The maximum absolute atomic E-state index is 12.7. The number of benzene rings is 2. The lowest BCUT2D eigenvalue weighted by Crippen LogP contribution is -2.34. The number of carbonyl (C=O) groups excluding carboxylic acids is 1. The summed E-state index contributed by atoms with van der Waals surface area (Å²) in [5, 5.41) is 0.642. The number of rotatable bonds is 7. The van der Waals surface area contributed by atoms with Crippen LogP contribution in [0.2, 0.25) is 5.02 Å². The van der Waals surface area contributed by atoms with E-state index in [0.29, 0.717) is 23.9 Å². The molecule has 2 aromatic carbocycles. The maximum atomic E-state index is 12.7. The second-order valence-electron chi connectivity index (χ2n) is 6.06. The Kier molecular flexibility index (Phi) is 5.97. The van der Waals surface area contributed by atoms with E-state index in [1.165, 1.54) is 0 Å². The van der Waals surface area contributed by atoms with Crippen LogP contribution in [0, 0.1) is 6.92 Å². The molecule has 0 radical (unpaired) electrons. The number of aryl methyl sites for hydroxylation is 1. The van der Waals surface area contributed by atoms with Gasteiger partial charge in [0.1, 0.15) is 11.5 Å².